The lowest BCUT2D eigenvalue weighted by Crippen LogP contribution is -2.09. The van der Waals surface area contributed by atoms with Crippen LogP contribution in [0.1, 0.15) is 38.5 Å². The highest BCUT2D eigenvalue weighted by atomic mass is 16.6. The second kappa shape index (κ2) is 5.65. The molecule has 2 aromatic rings. The number of nitro benzene ring substituents is 1. The lowest BCUT2D eigenvalue weighted by molar-refractivity contribution is -0.384. The van der Waals surface area contributed by atoms with Gasteiger partial charge in [-0.15, -0.1) is 0 Å². The first kappa shape index (κ1) is 13.2. The van der Waals surface area contributed by atoms with Crippen molar-refractivity contribution in [1.82, 2.24) is 4.57 Å². The number of rotatable bonds is 4. The summed E-state index contributed by atoms with van der Waals surface area (Å²) < 4.78 is 2.23. The summed E-state index contributed by atoms with van der Waals surface area (Å²) in [6.45, 7) is 1.02. The minimum Gasteiger partial charge on any atom is -0.347 e. The maximum atomic E-state index is 10.8. The van der Waals surface area contributed by atoms with E-state index in [4.69, 9.17) is 0 Å². The molecule has 1 aromatic carbocycles. The Hall–Kier alpha value is -1.84. The highest BCUT2D eigenvalue weighted by molar-refractivity contribution is 5.82. The molecule has 0 atom stereocenters. The number of nitrogens with zero attached hydrogens (tertiary/aromatic N) is 2. The molecule has 3 rings (SSSR count). The van der Waals surface area contributed by atoms with E-state index < -0.39 is 0 Å². The zero-order chi connectivity index (χ0) is 13.9. The summed E-state index contributed by atoms with van der Waals surface area (Å²) in [5.74, 6) is 0.860. The Morgan fingerprint density at radius 2 is 2.00 bits per heavy atom. The lowest BCUT2D eigenvalue weighted by Gasteiger charge is -2.21. The zero-order valence-corrected chi connectivity index (χ0v) is 11.6. The SMILES string of the molecule is O=[N+]([O-])c1ccc2c(ccn2CCC2CCCCC2)c1. The van der Waals surface area contributed by atoms with Gasteiger partial charge < -0.3 is 4.57 Å². The number of hydrogen-bond acceptors (Lipinski definition) is 2. The Bertz CT molecular complexity index is 612. The van der Waals surface area contributed by atoms with E-state index >= 15 is 0 Å². The highest BCUT2D eigenvalue weighted by Crippen LogP contribution is 2.28. The van der Waals surface area contributed by atoms with Crippen LogP contribution in [0.3, 0.4) is 0 Å². The summed E-state index contributed by atoms with van der Waals surface area (Å²) in [4.78, 5) is 10.4. The molecule has 0 saturated heterocycles. The van der Waals surface area contributed by atoms with Crippen LogP contribution in [0.2, 0.25) is 0 Å². The first-order valence-corrected chi connectivity index (χ1v) is 7.47. The van der Waals surface area contributed by atoms with Crippen LogP contribution in [0.4, 0.5) is 5.69 Å². The molecule has 0 amide bonds. The monoisotopic (exact) mass is 272 g/mol. The Balaban J connectivity index is 1.73. The van der Waals surface area contributed by atoms with E-state index in [9.17, 15) is 10.1 Å². The van der Waals surface area contributed by atoms with E-state index in [1.54, 1.807) is 12.1 Å². The van der Waals surface area contributed by atoms with Crippen molar-refractivity contribution < 1.29 is 4.92 Å². The second-order valence-corrected chi connectivity index (χ2v) is 5.80. The third-order valence-corrected chi connectivity index (χ3v) is 4.47. The van der Waals surface area contributed by atoms with E-state index in [0.717, 1.165) is 23.4 Å². The molecular weight excluding hydrogens is 252 g/mol. The Morgan fingerprint density at radius 1 is 1.20 bits per heavy atom. The number of nitro groups is 1. The van der Waals surface area contributed by atoms with Crippen LogP contribution in [0.25, 0.3) is 10.9 Å². The molecule has 0 N–H and O–H groups in total. The van der Waals surface area contributed by atoms with E-state index in [1.165, 1.54) is 38.5 Å². The van der Waals surface area contributed by atoms with Crippen molar-refractivity contribution in [3.63, 3.8) is 0 Å². The maximum absolute atomic E-state index is 10.8. The lowest BCUT2D eigenvalue weighted by atomic mass is 9.87. The van der Waals surface area contributed by atoms with Crippen molar-refractivity contribution in [3.8, 4) is 0 Å². The minimum absolute atomic E-state index is 0.169. The molecule has 4 heteroatoms. The Morgan fingerprint density at radius 3 is 2.75 bits per heavy atom. The molecule has 1 aromatic heterocycles. The number of hydrogen-bond donors (Lipinski definition) is 0. The van der Waals surface area contributed by atoms with Gasteiger partial charge in [0.2, 0.25) is 0 Å². The highest BCUT2D eigenvalue weighted by Gasteiger charge is 2.14. The molecule has 1 heterocycles. The first-order valence-electron chi connectivity index (χ1n) is 7.47. The van der Waals surface area contributed by atoms with E-state index in [2.05, 4.69) is 10.8 Å². The van der Waals surface area contributed by atoms with Gasteiger partial charge in [0.1, 0.15) is 0 Å². The standard InChI is InChI=1S/C16H20N2O2/c19-18(20)15-6-7-16-14(12-15)9-11-17(16)10-8-13-4-2-1-3-5-13/h6-7,9,11-13H,1-5,8,10H2. The average Bonchev–Trinajstić information content (AvgIpc) is 2.88. The predicted molar refractivity (Wildman–Crippen MR) is 79.8 cm³/mol. The van der Waals surface area contributed by atoms with Gasteiger partial charge >= 0.3 is 0 Å². The molecule has 106 valence electrons. The molecule has 0 radical (unpaired) electrons. The average molecular weight is 272 g/mol. The zero-order valence-electron chi connectivity index (χ0n) is 11.6. The molecule has 4 nitrogen and oxygen atoms in total. The van der Waals surface area contributed by atoms with Gasteiger partial charge in [-0.2, -0.15) is 0 Å². The van der Waals surface area contributed by atoms with Gasteiger partial charge in [-0.1, -0.05) is 32.1 Å². The number of aromatic nitrogens is 1. The molecule has 0 spiro atoms. The van der Waals surface area contributed by atoms with Crippen molar-refractivity contribution in [1.29, 1.82) is 0 Å². The molecule has 0 bridgehead atoms. The number of aryl methyl sites for hydroxylation is 1. The molecule has 1 aliphatic rings. The normalized spacial score (nSPS) is 16.6. The smallest absolute Gasteiger partial charge is 0.270 e. The fourth-order valence-electron chi connectivity index (χ4n) is 3.29. The molecule has 0 aliphatic heterocycles. The fraction of sp³-hybridized carbons (Fsp3) is 0.500. The molecule has 1 saturated carbocycles. The quantitative estimate of drug-likeness (QED) is 0.607. The molecule has 0 unspecified atom stereocenters. The van der Waals surface area contributed by atoms with Gasteiger partial charge in [-0.05, 0) is 24.5 Å². The van der Waals surface area contributed by atoms with Crippen LogP contribution in [0.5, 0.6) is 0 Å². The van der Waals surface area contributed by atoms with Gasteiger partial charge in [0, 0.05) is 35.8 Å². The van der Waals surface area contributed by atoms with Gasteiger partial charge in [0.05, 0.1) is 4.92 Å². The van der Waals surface area contributed by atoms with Gasteiger partial charge in [0.25, 0.3) is 5.69 Å². The topological polar surface area (TPSA) is 48.1 Å². The minimum atomic E-state index is -0.335. The van der Waals surface area contributed by atoms with Crippen LogP contribution in [0.15, 0.2) is 30.5 Å². The van der Waals surface area contributed by atoms with Crippen LogP contribution in [-0.2, 0) is 6.54 Å². The fourth-order valence-corrected chi connectivity index (χ4v) is 3.29. The van der Waals surface area contributed by atoms with Crippen LogP contribution >= 0.6 is 0 Å². The van der Waals surface area contributed by atoms with E-state index in [0.29, 0.717) is 0 Å². The van der Waals surface area contributed by atoms with Gasteiger partial charge in [-0.3, -0.25) is 10.1 Å². The first-order chi connectivity index (χ1) is 9.74. The van der Waals surface area contributed by atoms with E-state index in [1.807, 2.05) is 12.1 Å². The van der Waals surface area contributed by atoms with Crippen molar-refractivity contribution >= 4 is 16.6 Å². The largest absolute Gasteiger partial charge is 0.347 e. The van der Waals surface area contributed by atoms with Gasteiger partial charge in [0.15, 0.2) is 0 Å². The third kappa shape index (κ3) is 2.69. The summed E-state index contributed by atoms with van der Waals surface area (Å²) in [5.41, 5.74) is 1.27. The second-order valence-electron chi connectivity index (χ2n) is 5.80. The summed E-state index contributed by atoms with van der Waals surface area (Å²) >= 11 is 0. The molecule has 1 aliphatic carbocycles. The van der Waals surface area contributed by atoms with Crippen molar-refractivity contribution in [3.05, 3.63) is 40.6 Å². The number of non-ortho nitro benzene ring substituents is 1. The maximum Gasteiger partial charge on any atom is 0.270 e. The predicted octanol–water partition coefficient (Wildman–Crippen LogP) is 4.52. The summed E-state index contributed by atoms with van der Waals surface area (Å²) in [5, 5.41) is 11.7. The van der Waals surface area contributed by atoms with Crippen molar-refractivity contribution in [2.45, 2.75) is 45.1 Å². The van der Waals surface area contributed by atoms with E-state index in [-0.39, 0.29) is 10.6 Å². The molecule has 20 heavy (non-hydrogen) atoms. The third-order valence-electron chi connectivity index (χ3n) is 4.47. The number of benzene rings is 1. The summed E-state index contributed by atoms with van der Waals surface area (Å²) in [7, 11) is 0. The van der Waals surface area contributed by atoms with Gasteiger partial charge in [-0.25, -0.2) is 0 Å². The molecular formula is C16H20N2O2. The Labute approximate surface area is 118 Å². The Kier molecular flexibility index (Phi) is 3.72. The van der Waals surface area contributed by atoms with Crippen LogP contribution < -0.4 is 0 Å². The van der Waals surface area contributed by atoms with Crippen molar-refractivity contribution in [2.75, 3.05) is 0 Å². The van der Waals surface area contributed by atoms with Crippen LogP contribution in [-0.4, -0.2) is 9.49 Å². The molecule has 1 fully saturated rings. The van der Waals surface area contributed by atoms with Crippen molar-refractivity contribution in [2.24, 2.45) is 5.92 Å². The summed E-state index contributed by atoms with van der Waals surface area (Å²) in [6, 6.07) is 7.10. The number of fused-ring (bicyclic) bond motifs is 1. The summed E-state index contributed by atoms with van der Waals surface area (Å²) in [6.07, 6.45) is 10.2. The van der Waals surface area contributed by atoms with Crippen LogP contribution in [0, 0.1) is 16.0 Å².